The first kappa shape index (κ1) is 13.9. The number of rotatable bonds is 7. The van der Waals surface area contributed by atoms with Gasteiger partial charge in [0.1, 0.15) is 11.8 Å². The van der Waals surface area contributed by atoms with E-state index in [1.807, 2.05) is 24.3 Å². The Bertz CT molecular complexity index is 539. The van der Waals surface area contributed by atoms with E-state index in [4.69, 9.17) is 4.42 Å². The maximum atomic E-state index is 12.4. The third-order valence-electron chi connectivity index (χ3n) is 3.80. The summed E-state index contributed by atoms with van der Waals surface area (Å²) in [6.07, 6.45) is 6.87. The molecule has 0 aliphatic heterocycles. The molecule has 0 N–H and O–H groups in total. The van der Waals surface area contributed by atoms with Gasteiger partial charge in [0, 0.05) is 11.8 Å². The summed E-state index contributed by atoms with van der Waals surface area (Å²) < 4.78 is 5.45. The second-order valence-corrected chi connectivity index (χ2v) is 5.19. The van der Waals surface area contributed by atoms with Gasteiger partial charge >= 0.3 is 0 Å². The molecule has 0 saturated carbocycles. The lowest BCUT2D eigenvalue weighted by Gasteiger charge is -2.12. The summed E-state index contributed by atoms with van der Waals surface area (Å²) in [4.78, 5) is 12.4. The van der Waals surface area contributed by atoms with Gasteiger partial charge in [-0.15, -0.1) is 0 Å². The molecule has 2 aromatic rings. The van der Waals surface area contributed by atoms with Gasteiger partial charge in [0.25, 0.3) is 0 Å². The molecule has 2 heteroatoms. The Kier molecular flexibility index (Phi) is 4.78. The average Bonchev–Trinajstić information content (AvgIpc) is 2.87. The third kappa shape index (κ3) is 3.25. The molecule has 1 aromatic carbocycles. The highest BCUT2D eigenvalue weighted by atomic mass is 16.3. The van der Waals surface area contributed by atoms with Crippen LogP contribution in [0.2, 0.25) is 0 Å². The molecule has 0 saturated heterocycles. The maximum absolute atomic E-state index is 12.4. The molecular weight excluding hydrogens is 236 g/mol. The fraction of sp³-hybridized carbons (Fsp3) is 0.471. The maximum Gasteiger partial charge on any atom is 0.167 e. The third-order valence-corrected chi connectivity index (χ3v) is 3.80. The highest BCUT2D eigenvalue weighted by Crippen LogP contribution is 2.25. The van der Waals surface area contributed by atoms with Crippen molar-refractivity contribution in [2.45, 2.75) is 46.0 Å². The number of ketones is 1. The van der Waals surface area contributed by atoms with Crippen molar-refractivity contribution >= 4 is 16.8 Å². The molecule has 2 nitrogen and oxygen atoms in total. The fourth-order valence-corrected chi connectivity index (χ4v) is 2.51. The zero-order chi connectivity index (χ0) is 13.7. The summed E-state index contributed by atoms with van der Waals surface area (Å²) in [5.74, 6) is 0.717. The molecule has 0 spiro atoms. The molecular formula is C17H22O2. The molecule has 0 fully saturated rings. The van der Waals surface area contributed by atoms with Crippen LogP contribution in [0.5, 0.6) is 0 Å². The predicted molar refractivity (Wildman–Crippen MR) is 78.5 cm³/mol. The van der Waals surface area contributed by atoms with Crippen molar-refractivity contribution < 1.29 is 9.21 Å². The molecule has 1 heterocycles. The summed E-state index contributed by atoms with van der Waals surface area (Å²) in [6, 6.07) is 7.73. The standard InChI is InChI=1S/C17H22O2/c1-3-5-8-13(4-2)11-16(18)15-12-19-17-10-7-6-9-14(15)17/h6-7,9-10,12-13H,3-5,8,11H2,1-2H3. The Hall–Kier alpha value is -1.57. The molecule has 0 amide bonds. The predicted octanol–water partition coefficient (Wildman–Crippen LogP) is 5.22. The van der Waals surface area contributed by atoms with Crippen molar-refractivity contribution in [3.05, 3.63) is 36.1 Å². The molecule has 1 aromatic heterocycles. The van der Waals surface area contributed by atoms with E-state index < -0.39 is 0 Å². The number of hydrogen-bond acceptors (Lipinski definition) is 2. The van der Waals surface area contributed by atoms with Crippen LogP contribution in [0.25, 0.3) is 11.0 Å². The molecule has 0 aliphatic carbocycles. The minimum absolute atomic E-state index is 0.216. The van der Waals surface area contributed by atoms with Gasteiger partial charge < -0.3 is 4.42 Å². The van der Waals surface area contributed by atoms with E-state index in [0.717, 1.165) is 29.4 Å². The molecule has 0 bridgehead atoms. The van der Waals surface area contributed by atoms with E-state index in [-0.39, 0.29) is 5.78 Å². The van der Waals surface area contributed by atoms with E-state index in [1.54, 1.807) is 6.26 Å². The second kappa shape index (κ2) is 6.55. The van der Waals surface area contributed by atoms with Crippen LogP contribution in [0.3, 0.4) is 0 Å². The molecule has 102 valence electrons. The summed E-state index contributed by atoms with van der Waals surface area (Å²) in [5.41, 5.74) is 1.54. The van der Waals surface area contributed by atoms with Gasteiger partial charge in [0.2, 0.25) is 0 Å². The van der Waals surface area contributed by atoms with Crippen LogP contribution >= 0.6 is 0 Å². The average molecular weight is 258 g/mol. The Balaban J connectivity index is 2.10. The summed E-state index contributed by atoms with van der Waals surface area (Å²) in [6.45, 7) is 4.36. The summed E-state index contributed by atoms with van der Waals surface area (Å²) in [7, 11) is 0. The van der Waals surface area contributed by atoms with Gasteiger partial charge in [-0.05, 0) is 12.0 Å². The lowest BCUT2D eigenvalue weighted by atomic mass is 9.91. The number of benzene rings is 1. The van der Waals surface area contributed by atoms with Gasteiger partial charge in [0.05, 0.1) is 5.56 Å². The molecule has 2 rings (SSSR count). The van der Waals surface area contributed by atoms with Crippen LogP contribution in [0, 0.1) is 5.92 Å². The van der Waals surface area contributed by atoms with Crippen LogP contribution in [0.15, 0.2) is 34.9 Å². The number of hydrogen-bond donors (Lipinski definition) is 0. The first-order valence-corrected chi connectivity index (χ1v) is 7.25. The van der Waals surface area contributed by atoms with Crippen LogP contribution in [0.4, 0.5) is 0 Å². The van der Waals surface area contributed by atoms with E-state index in [9.17, 15) is 4.79 Å². The van der Waals surface area contributed by atoms with Gasteiger partial charge in [0.15, 0.2) is 5.78 Å². The zero-order valence-electron chi connectivity index (χ0n) is 11.8. The van der Waals surface area contributed by atoms with Gasteiger partial charge in [-0.2, -0.15) is 0 Å². The molecule has 1 atom stereocenters. The topological polar surface area (TPSA) is 30.2 Å². The van der Waals surface area contributed by atoms with Crippen LogP contribution in [0.1, 0.15) is 56.3 Å². The number of fused-ring (bicyclic) bond motifs is 1. The number of para-hydroxylation sites is 1. The van der Waals surface area contributed by atoms with Gasteiger partial charge in [-0.3, -0.25) is 4.79 Å². The van der Waals surface area contributed by atoms with E-state index >= 15 is 0 Å². The Morgan fingerprint density at radius 3 is 2.79 bits per heavy atom. The number of carbonyl (C=O) groups is 1. The second-order valence-electron chi connectivity index (χ2n) is 5.19. The minimum Gasteiger partial charge on any atom is -0.464 e. The zero-order valence-corrected chi connectivity index (χ0v) is 11.8. The van der Waals surface area contributed by atoms with Gasteiger partial charge in [-0.25, -0.2) is 0 Å². The molecule has 0 aliphatic rings. The van der Waals surface area contributed by atoms with Crippen molar-refractivity contribution in [1.29, 1.82) is 0 Å². The first-order valence-electron chi connectivity index (χ1n) is 7.25. The normalized spacial score (nSPS) is 12.7. The van der Waals surface area contributed by atoms with E-state index in [1.165, 1.54) is 12.8 Å². The van der Waals surface area contributed by atoms with E-state index in [2.05, 4.69) is 13.8 Å². The fourth-order valence-electron chi connectivity index (χ4n) is 2.51. The van der Waals surface area contributed by atoms with Crippen molar-refractivity contribution in [2.24, 2.45) is 5.92 Å². The Labute approximate surface area is 114 Å². The highest BCUT2D eigenvalue weighted by Gasteiger charge is 2.17. The smallest absolute Gasteiger partial charge is 0.167 e. The lowest BCUT2D eigenvalue weighted by molar-refractivity contribution is 0.0957. The number of furan rings is 1. The number of carbonyl (C=O) groups excluding carboxylic acids is 1. The van der Waals surface area contributed by atoms with Crippen molar-refractivity contribution in [3.8, 4) is 0 Å². The van der Waals surface area contributed by atoms with Crippen molar-refractivity contribution in [3.63, 3.8) is 0 Å². The minimum atomic E-state index is 0.216. The lowest BCUT2D eigenvalue weighted by Crippen LogP contribution is -2.08. The summed E-state index contributed by atoms with van der Waals surface area (Å²) in [5, 5.41) is 0.942. The largest absolute Gasteiger partial charge is 0.464 e. The van der Waals surface area contributed by atoms with Crippen LogP contribution in [-0.4, -0.2) is 5.78 Å². The van der Waals surface area contributed by atoms with Crippen LogP contribution in [-0.2, 0) is 0 Å². The molecule has 1 unspecified atom stereocenters. The highest BCUT2D eigenvalue weighted by molar-refractivity contribution is 6.07. The van der Waals surface area contributed by atoms with Gasteiger partial charge in [-0.1, -0.05) is 57.7 Å². The van der Waals surface area contributed by atoms with Crippen molar-refractivity contribution in [2.75, 3.05) is 0 Å². The van der Waals surface area contributed by atoms with Crippen molar-refractivity contribution in [1.82, 2.24) is 0 Å². The SMILES string of the molecule is CCCCC(CC)CC(=O)c1coc2ccccc12. The van der Waals surface area contributed by atoms with Crippen LogP contribution < -0.4 is 0 Å². The number of Topliss-reactive ketones (excluding diaryl/α,β-unsaturated/α-hetero) is 1. The Morgan fingerprint density at radius 2 is 2.05 bits per heavy atom. The molecule has 19 heavy (non-hydrogen) atoms. The Morgan fingerprint density at radius 1 is 1.26 bits per heavy atom. The summed E-state index contributed by atoms with van der Waals surface area (Å²) >= 11 is 0. The quantitative estimate of drug-likeness (QED) is 0.637. The number of unbranched alkanes of at least 4 members (excludes halogenated alkanes) is 1. The van der Waals surface area contributed by atoms with E-state index in [0.29, 0.717) is 12.3 Å². The molecule has 0 radical (unpaired) electrons. The monoisotopic (exact) mass is 258 g/mol. The first-order chi connectivity index (χ1) is 9.26.